The van der Waals surface area contributed by atoms with Gasteiger partial charge in [0.15, 0.2) is 23.5 Å². The Labute approximate surface area is 255 Å². The van der Waals surface area contributed by atoms with E-state index < -0.39 is 77.1 Å². The van der Waals surface area contributed by atoms with Gasteiger partial charge >= 0.3 is 0 Å². The zero-order chi connectivity index (χ0) is 31.6. The van der Waals surface area contributed by atoms with Gasteiger partial charge < -0.3 is 25.8 Å². The summed E-state index contributed by atoms with van der Waals surface area (Å²) < 4.78 is 39.3. The number of aliphatic hydroxyl groups is 3. The van der Waals surface area contributed by atoms with Crippen molar-refractivity contribution in [3.8, 4) is 0 Å². The molecule has 6 unspecified atom stereocenters. The second kappa shape index (κ2) is 11.0. The van der Waals surface area contributed by atoms with Crippen LogP contribution in [0.2, 0.25) is 0 Å². The number of alkyl halides is 2. The number of hydrogen-bond acceptors (Lipinski definition) is 7. The summed E-state index contributed by atoms with van der Waals surface area (Å²) in [5, 5.41) is 32.6. The second-order valence-electron chi connectivity index (χ2n) is 13.5. The van der Waals surface area contributed by atoms with Crippen LogP contribution in [0.5, 0.6) is 0 Å². The first-order chi connectivity index (χ1) is 20.8. The van der Waals surface area contributed by atoms with Gasteiger partial charge in [0.05, 0.1) is 18.1 Å². The molecule has 0 amide bonds. The first kappa shape index (κ1) is 30.8. The molecule has 3 saturated carbocycles. The van der Waals surface area contributed by atoms with E-state index >= 15 is 8.78 Å². The number of rotatable bonds is 7. The summed E-state index contributed by atoms with van der Waals surface area (Å²) >= 11 is 0. The van der Waals surface area contributed by atoms with Gasteiger partial charge in [-0.1, -0.05) is 49.4 Å². The number of carbonyl (C=O) groups excluding carboxylic acids is 2. The summed E-state index contributed by atoms with van der Waals surface area (Å²) in [6.45, 7) is 2.50. The quantitative estimate of drug-likeness (QED) is 0.272. The van der Waals surface area contributed by atoms with Crippen LogP contribution < -0.4 is 5.73 Å². The summed E-state index contributed by atoms with van der Waals surface area (Å²) in [6.07, 6.45) is -1.41. The lowest BCUT2D eigenvalue weighted by Gasteiger charge is -2.62. The van der Waals surface area contributed by atoms with Crippen molar-refractivity contribution in [1.82, 2.24) is 0 Å². The standard InChI is InChI=1S/C35H39F2NO6/c1-33-17-30(42)35(37)25(15-27(36)26-14-23(40)10-11-34(26,35)2)24(33)16-29(31(33)28(41)18-39)44-32(43)21-8-6-19(7-9-21)12-20-4-3-5-22(38)13-20/h3-11,13-14,24-25,27,29-32,39,42-43H,12,15-18,38H2,1-2H3/t24?,25?,27-,29+,30-,31?,32?,33?,34?,35-/m0/s1. The Kier molecular flexibility index (Phi) is 7.68. The maximum Gasteiger partial charge on any atom is 0.181 e. The number of benzene rings is 2. The molecular formula is C35H39F2NO6. The molecule has 0 aromatic heterocycles. The highest BCUT2D eigenvalue weighted by molar-refractivity contribution is 6.01. The normalized spacial score (nSPS) is 38.3. The smallest absolute Gasteiger partial charge is 0.181 e. The number of Topliss-reactive ketones (excluding diaryl/α,β-unsaturated/α-hetero) is 1. The lowest BCUT2D eigenvalue weighted by Crippen LogP contribution is -2.68. The third-order valence-electron chi connectivity index (χ3n) is 11.1. The zero-order valence-electron chi connectivity index (χ0n) is 24.8. The van der Waals surface area contributed by atoms with Gasteiger partial charge in [-0.05, 0) is 84.9 Å². The lowest BCUT2D eigenvalue weighted by atomic mass is 9.45. The topological polar surface area (TPSA) is 130 Å². The summed E-state index contributed by atoms with van der Waals surface area (Å²) in [7, 11) is 0. The molecule has 0 radical (unpaired) electrons. The maximum atomic E-state index is 17.5. The fourth-order valence-corrected chi connectivity index (χ4v) is 8.99. The number of ether oxygens (including phenoxy) is 1. The summed E-state index contributed by atoms with van der Waals surface area (Å²) in [5.41, 5.74) is 4.18. The summed E-state index contributed by atoms with van der Waals surface area (Å²) in [5.74, 6) is -3.52. The van der Waals surface area contributed by atoms with Crippen LogP contribution in [0.1, 0.15) is 56.1 Å². The van der Waals surface area contributed by atoms with Crippen LogP contribution in [-0.4, -0.2) is 57.5 Å². The van der Waals surface area contributed by atoms with Crippen LogP contribution in [0.25, 0.3) is 0 Å². The molecule has 0 spiro atoms. The Hall–Kier alpha value is -3.24. The summed E-state index contributed by atoms with van der Waals surface area (Å²) in [6, 6.07) is 14.8. The van der Waals surface area contributed by atoms with E-state index in [1.165, 1.54) is 19.1 Å². The molecule has 4 aliphatic rings. The number of fused-ring (bicyclic) bond motifs is 5. The average molecular weight is 608 g/mol. The number of nitrogens with two attached hydrogens (primary N) is 1. The SMILES string of the molecule is CC12C[C@H](O)[C@@]3(F)C(C[C@H](F)C4=CC(=O)C=CC43C)C1C[C@@H](OC(O)c1ccc(Cc3cccc(N)c3)cc1)C2C(=O)CO. The maximum absolute atomic E-state index is 17.5. The number of allylic oxidation sites excluding steroid dienone is 4. The van der Waals surface area contributed by atoms with Gasteiger partial charge in [0.25, 0.3) is 0 Å². The number of anilines is 1. The van der Waals surface area contributed by atoms with Crippen molar-refractivity contribution >= 4 is 17.3 Å². The predicted molar refractivity (Wildman–Crippen MR) is 160 cm³/mol. The molecule has 4 aliphatic carbocycles. The third kappa shape index (κ3) is 4.67. The Bertz CT molecular complexity index is 1530. The molecule has 234 valence electrons. The van der Waals surface area contributed by atoms with Crippen LogP contribution in [0, 0.1) is 28.6 Å². The van der Waals surface area contributed by atoms with Crippen LogP contribution >= 0.6 is 0 Å². The van der Waals surface area contributed by atoms with Gasteiger partial charge in [0.2, 0.25) is 0 Å². The van der Waals surface area contributed by atoms with Gasteiger partial charge in [0.1, 0.15) is 12.8 Å². The first-order valence-corrected chi connectivity index (χ1v) is 15.2. The Morgan fingerprint density at radius 3 is 2.52 bits per heavy atom. The van der Waals surface area contributed by atoms with Gasteiger partial charge in [-0.2, -0.15) is 0 Å². The van der Waals surface area contributed by atoms with Crippen molar-refractivity contribution < 1.29 is 38.4 Å². The number of halogens is 2. The minimum absolute atomic E-state index is 0.0229. The molecule has 7 nitrogen and oxygen atoms in total. The molecule has 9 heteroatoms. The van der Waals surface area contributed by atoms with Gasteiger partial charge in [-0.25, -0.2) is 8.78 Å². The molecule has 5 N–H and O–H groups in total. The van der Waals surface area contributed by atoms with Crippen molar-refractivity contribution in [3.63, 3.8) is 0 Å². The first-order valence-electron chi connectivity index (χ1n) is 15.2. The molecule has 10 atom stereocenters. The fourth-order valence-electron chi connectivity index (χ4n) is 8.99. The van der Waals surface area contributed by atoms with E-state index in [0.717, 1.165) is 17.2 Å². The average Bonchev–Trinajstić information content (AvgIpc) is 3.26. The molecule has 0 saturated heterocycles. The van der Waals surface area contributed by atoms with Crippen LogP contribution in [0.4, 0.5) is 14.5 Å². The predicted octanol–water partition coefficient (Wildman–Crippen LogP) is 4.34. The Balaban J connectivity index is 1.28. The highest BCUT2D eigenvalue weighted by Gasteiger charge is 2.73. The van der Waals surface area contributed by atoms with E-state index in [2.05, 4.69) is 0 Å². The molecule has 2 aromatic carbocycles. The van der Waals surface area contributed by atoms with E-state index in [4.69, 9.17) is 10.5 Å². The van der Waals surface area contributed by atoms with Crippen LogP contribution in [0.15, 0.2) is 72.3 Å². The second-order valence-corrected chi connectivity index (χ2v) is 13.5. The number of hydrogen-bond donors (Lipinski definition) is 4. The molecule has 0 heterocycles. The highest BCUT2D eigenvalue weighted by Crippen LogP contribution is 2.69. The Morgan fingerprint density at radius 2 is 1.84 bits per heavy atom. The van der Waals surface area contributed by atoms with Crippen molar-refractivity contribution in [1.29, 1.82) is 0 Å². The summed E-state index contributed by atoms with van der Waals surface area (Å²) in [4.78, 5) is 25.3. The van der Waals surface area contributed by atoms with E-state index in [1.54, 1.807) is 19.1 Å². The van der Waals surface area contributed by atoms with Gasteiger partial charge in [-0.15, -0.1) is 0 Å². The lowest BCUT2D eigenvalue weighted by molar-refractivity contribution is -0.203. The van der Waals surface area contributed by atoms with E-state index in [-0.39, 0.29) is 24.8 Å². The largest absolute Gasteiger partial charge is 0.399 e. The van der Waals surface area contributed by atoms with Crippen molar-refractivity contribution in [2.45, 2.75) is 69.9 Å². The van der Waals surface area contributed by atoms with Gasteiger partial charge in [-0.3, -0.25) is 9.59 Å². The van der Waals surface area contributed by atoms with Crippen molar-refractivity contribution in [3.05, 3.63) is 89.0 Å². The molecule has 2 aromatic rings. The number of carbonyl (C=O) groups is 2. The number of ketones is 2. The van der Waals surface area contributed by atoms with Crippen LogP contribution in [0.3, 0.4) is 0 Å². The third-order valence-corrected chi connectivity index (χ3v) is 11.1. The molecule has 44 heavy (non-hydrogen) atoms. The monoisotopic (exact) mass is 607 g/mol. The fraction of sp³-hybridized carbons (Fsp3) is 0.486. The van der Waals surface area contributed by atoms with Crippen molar-refractivity contribution in [2.75, 3.05) is 12.3 Å². The molecule has 0 bridgehead atoms. The molecule has 0 aliphatic heterocycles. The van der Waals surface area contributed by atoms with E-state index in [0.29, 0.717) is 17.7 Å². The molecule has 3 fully saturated rings. The zero-order valence-corrected chi connectivity index (χ0v) is 24.8. The number of nitrogen functional groups attached to an aromatic ring is 1. The van der Waals surface area contributed by atoms with Crippen molar-refractivity contribution in [2.24, 2.45) is 28.6 Å². The highest BCUT2D eigenvalue weighted by atomic mass is 19.1. The Morgan fingerprint density at radius 1 is 1.11 bits per heavy atom. The van der Waals surface area contributed by atoms with Crippen LogP contribution in [-0.2, 0) is 20.7 Å². The van der Waals surface area contributed by atoms with E-state index in [9.17, 15) is 24.9 Å². The molecule has 6 rings (SSSR count). The molecular weight excluding hydrogens is 568 g/mol. The minimum Gasteiger partial charge on any atom is -0.399 e. The van der Waals surface area contributed by atoms with E-state index in [1.807, 2.05) is 36.4 Å². The van der Waals surface area contributed by atoms with Gasteiger partial charge in [0, 0.05) is 22.6 Å². The number of aliphatic hydroxyl groups excluding tert-OH is 3. The minimum atomic E-state index is -2.30.